The summed E-state index contributed by atoms with van der Waals surface area (Å²) in [5.41, 5.74) is 1.57. The zero-order chi connectivity index (χ0) is 19.2. The molecule has 0 atom stereocenters. The van der Waals surface area contributed by atoms with E-state index in [-0.39, 0.29) is 18.1 Å². The molecule has 0 aliphatic heterocycles. The van der Waals surface area contributed by atoms with Crippen molar-refractivity contribution in [2.45, 2.75) is 13.2 Å². The zero-order valence-electron chi connectivity index (χ0n) is 14.1. The average molecular weight is 376 g/mol. The third-order valence-electron chi connectivity index (χ3n) is 3.54. The molecule has 0 unspecified atom stereocenters. The minimum atomic E-state index is -2.96. The van der Waals surface area contributed by atoms with Crippen LogP contribution in [-0.4, -0.2) is 29.9 Å². The van der Waals surface area contributed by atoms with E-state index in [1.165, 1.54) is 31.7 Å². The van der Waals surface area contributed by atoms with E-state index >= 15 is 0 Å². The van der Waals surface area contributed by atoms with Gasteiger partial charge in [0.15, 0.2) is 11.5 Å². The summed E-state index contributed by atoms with van der Waals surface area (Å²) >= 11 is 0. The number of aromatic nitrogens is 2. The Balaban J connectivity index is 1.63. The molecule has 0 fully saturated rings. The third kappa shape index (κ3) is 4.57. The molecule has 0 bridgehead atoms. The van der Waals surface area contributed by atoms with E-state index in [9.17, 15) is 13.6 Å². The number of carbonyl (C=O) groups is 1. The highest BCUT2D eigenvalue weighted by Gasteiger charge is 2.13. The van der Waals surface area contributed by atoms with Gasteiger partial charge in [0.2, 0.25) is 12.3 Å². The molecule has 0 amide bonds. The van der Waals surface area contributed by atoms with Gasteiger partial charge in [-0.25, -0.2) is 4.79 Å². The Bertz CT molecular complexity index is 899. The van der Waals surface area contributed by atoms with Crippen molar-refractivity contribution in [3.05, 3.63) is 60.0 Å². The predicted molar refractivity (Wildman–Crippen MR) is 88.5 cm³/mol. The Hall–Kier alpha value is -3.49. The number of nitrogens with zero attached hydrogens (tertiary/aromatic N) is 2. The topological polar surface area (TPSA) is 83.7 Å². The number of halogens is 2. The van der Waals surface area contributed by atoms with Crippen LogP contribution in [0.25, 0.3) is 11.5 Å². The highest BCUT2D eigenvalue weighted by Crippen LogP contribution is 2.29. The molecule has 0 radical (unpaired) electrons. The number of alkyl halides is 2. The summed E-state index contributed by atoms with van der Waals surface area (Å²) in [6.45, 7) is -3.02. The number of methoxy groups -OCH3 is 1. The van der Waals surface area contributed by atoms with E-state index in [0.717, 1.165) is 0 Å². The first-order valence-electron chi connectivity index (χ1n) is 7.72. The summed E-state index contributed by atoms with van der Waals surface area (Å²) in [6, 6.07) is 10.8. The van der Waals surface area contributed by atoms with Gasteiger partial charge in [0, 0.05) is 5.56 Å². The highest BCUT2D eigenvalue weighted by molar-refractivity contribution is 5.89. The second-order valence-corrected chi connectivity index (χ2v) is 5.26. The van der Waals surface area contributed by atoms with E-state index in [1.807, 2.05) is 0 Å². The van der Waals surface area contributed by atoms with Gasteiger partial charge in [-0.3, -0.25) is 0 Å². The molecule has 0 aliphatic rings. The third-order valence-corrected chi connectivity index (χ3v) is 3.54. The van der Waals surface area contributed by atoms with Gasteiger partial charge in [-0.05, 0) is 42.0 Å². The lowest BCUT2D eigenvalue weighted by Gasteiger charge is -2.11. The molecule has 0 saturated carbocycles. The van der Waals surface area contributed by atoms with Crippen molar-refractivity contribution >= 4 is 5.97 Å². The molecule has 3 aromatic rings. The van der Waals surface area contributed by atoms with Gasteiger partial charge in [0.05, 0.1) is 12.7 Å². The Morgan fingerprint density at radius 1 is 1.15 bits per heavy atom. The number of ether oxygens (including phenoxy) is 3. The standard InChI is InChI=1S/C18H14F2N2O5/c1-24-15-8-11(2-7-14(15)27-18(19)20)9-25-17(23)13-5-3-12(4-6-13)16-22-21-10-26-16/h2-8,10,18H,9H2,1H3. The van der Waals surface area contributed by atoms with Crippen molar-refractivity contribution in [3.8, 4) is 23.0 Å². The van der Waals surface area contributed by atoms with E-state index in [4.69, 9.17) is 13.9 Å². The quantitative estimate of drug-likeness (QED) is 0.581. The number of rotatable bonds is 7. The molecule has 3 rings (SSSR count). The van der Waals surface area contributed by atoms with Gasteiger partial charge < -0.3 is 18.6 Å². The molecule has 0 aliphatic carbocycles. The summed E-state index contributed by atoms with van der Waals surface area (Å²) < 4.78 is 44.3. The monoisotopic (exact) mass is 376 g/mol. The Morgan fingerprint density at radius 3 is 2.56 bits per heavy atom. The first-order chi connectivity index (χ1) is 13.1. The van der Waals surface area contributed by atoms with Gasteiger partial charge in [0.25, 0.3) is 0 Å². The fraction of sp³-hybridized carbons (Fsp3) is 0.167. The fourth-order valence-corrected chi connectivity index (χ4v) is 2.28. The van der Waals surface area contributed by atoms with Crippen LogP contribution in [-0.2, 0) is 11.3 Å². The summed E-state index contributed by atoms with van der Waals surface area (Å²) in [6.07, 6.45) is 1.21. The molecule has 7 nitrogen and oxygen atoms in total. The van der Waals surface area contributed by atoms with Crippen LogP contribution in [0.2, 0.25) is 0 Å². The van der Waals surface area contributed by atoms with Crippen LogP contribution in [0.15, 0.2) is 53.3 Å². The normalized spacial score (nSPS) is 10.7. The predicted octanol–water partition coefficient (Wildman–Crippen LogP) is 3.70. The van der Waals surface area contributed by atoms with Crippen LogP contribution in [0.4, 0.5) is 8.78 Å². The van der Waals surface area contributed by atoms with Crippen LogP contribution in [0.5, 0.6) is 11.5 Å². The lowest BCUT2D eigenvalue weighted by Crippen LogP contribution is -2.06. The molecule has 0 saturated heterocycles. The maximum Gasteiger partial charge on any atom is 0.387 e. The SMILES string of the molecule is COc1cc(COC(=O)c2ccc(-c3nnco3)cc2)ccc1OC(F)F. The molecular weight excluding hydrogens is 362 g/mol. The number of hydrogen-bond donors (Lipinski definition) is 0. The van der Waals surface area contributed by atoms with E-state index in [2.05, 4.69) is 14.9 Å². The summed E-state index contributed by atoms with van der Waals surface area (Å²) in [5.74, 6) is -0.181. The average Bonchev–Trinajstić information content (AvgIpc) is 3.21. The Morgan fingerprint density at radius 2 is 1.93 bits per heavy atom. The highest BCUT2D eigenvalue weighted by atomic mass is 19.3. The lowest BCUT2D eigenvalue weighted by atomic mass is 10.1. The zero-order valence-corrected chi connectivity index (χ0v) is 14.1. The molecular formula is C18H14F2N2O5. The van der Waals surface area contributed by atoms with Crippen LogP contribution in [0.1, 0.15) is 15.9 Å². The molecule has 0 spiro atoms. The van der Waals surface area contributed by atoms with Gasteiger partial charge in [-0.15, -0.1) is 10.2 Å². The smallest absolute Gasteiger partial charge is 0.387 e. The van der Waals surface area contributed by atoms with Crippen molar-refractivity contribution in [2.24, 2.45) is 0 Å². The summed E-state index contributed by atoms with van der Waals surface area (Å²) in [5, 5.41) is 7.36. The molecule has 0 N–H and O–H groups in total. The first-order valence-corrected chi connectivity index (χ1v) is 7.72. The van der Waals surface area contributed by atoms with Crippen LogP contribution >= 0.6 is 0 Å². The largest absolute Gasteiger partial charge is 0.493 e. The van der Waals surface area contributed by atoms with E-state index in [1.54, 1.807) is 24.3 Å². The number of carbonyl (C=O) groups excluding carboxylic acids is 1. The van der Waals surface area contributed by atoms with Crippen molar-refractivity contribution in [3.63, 3.8) is 0 Å². The molecule has 1 aromatic heterocycles. The second kappa shape index (κ2) is 8.26. The van der Waals surface area contributed by atoms with Crippen LogP contribution < -0.4 is 9.47 Å². The Labute approximate surface area is 152 Å². The maximum absolute atomic E-state index is 12.3. The minimum Gasteiger partial charge on any atom is -0.493 e. The lowest BCUT2D eigenvalue weighted by molar-refractivity contribution is -0.0512. The van der Waals surface area contributed by atoms with Crippen molar-refractivity contribution < 1.29 is 32.2 Å². The fourth-order valence-electron chi connectivity index (χ4n) is 2.28. The minimum absolute atomic E-state index is 0.0600. The number of benzene rings is 2. The first kappa shape index (κ1) is 18.3. The van der Waals surface area contributed by atoms with E-state index < -0.39 is 12.6 Å². The molecule has 1 heterocycles. The summed E-state index contributed by atoms with van der Waals surface area (Å²) in [7, 11) is 1.33. The van der Waals surface area contributed by atoms with Crippen molar-refractivity contribution in [1.82, 2.24) is 10.2 Å². The second-order valence-electron chi connectivity index (χ2n) is 5.26. The molecule has 9 heteroatoms. The molecule has 140 valence electrons. The van der Waals surface area contributed by atoms with Gasteiger partial charge in [-0.2, -0.15) is 8.78 Å². The van der Waals surface area contributed by atoms with Crippen LogP contribution in [0, 0.1) is 0 Å². The Kier molecular flexibility index (Phi) is 5.60. The van der Waals surface area contributed by atoms with Gasteiger partial charge in [-0.1, -0.05) is 6.07 Å². The van der Waals surface area contributed by atoms with Gasteiger partial charge >= 0.3 is 12.6 Å². The van der Waals surface area contributed by atoms with Crippen LogP contribution in [0.3, 0.4) is 0 Å². The number of hydrogen-bond acceptors (Lipinski definition) is 7. The van der Waals surface area contributed by atoms with Crippen molar-refractivity contribution in [2.75, 3.05) is 7.11 Å². The van der Waals surface area contributed by atoms with Crippen molar-refractivity contribution in [1.29, 1.82) is 0 Å². The van der Waals surface area contributed by atoms with Gasteiger partial charge in [0.1, 0.15) is 6.61 Å². The maximum atomic E-state index is 12.3. The van der Waals surface area contributed by atoms with E-state index in [0.29, 0.717) is 22.6 Å². The number of esters is 1. The molecule has 2 aromatic carbocycles. The molecule has 27 heavy (non-hydrogen) atoms. The summed E-state index contributed by atoms with van der Waals surface area (Å²) in [4.78, 5) is 12.2.